The molecular formula is C11H19NO5. The van der Waals surface area contributed by atoms with Crippen molar-refractivity contribution in [2.75, 3.05) is 33.5 Å². The summed E-state index contributed by atoms with van der Waals surface area (Å²) in [5.41, 5.74) is 0. The van der Waals surface area contributed by atoms with E-state index in [1.807, 2.05) is 0 Å². The van der Waals surface area contributed by atoms with E-state index < -0.39 is 12.0 Å². The molecule has 1 rings (SSSR count). The summed E-state index contributed by atoms with van der Waals surface area (Å²) >= 11 is 0. The summed E-state index contributed by atoms with van der Waals surface area (Å²) in [6.07, 6.45) is 2.23. The summed E-state index contributed by atoms with van der Waals surface area (Å²) in [6, 6.07) is -0.692. The number of carboxylic acids is 1. The molecule has 0 radical (unpaired) electrons. The Labute approximate surface area is 100 Å². The van der Waals surface area contributed by atoms with Gasteiger partial charge in [-0.25, -0.2) is 4.79 Å². The molecule has 0 saturated carbocycles. The van der Waals surface area contributed by atoms with Crippen molar-refractivity contribution in [3.05, 3.63) is 0 Å². The lowest BCUT2D eigenvalue weighted by Crippen LogP contribution is -2.49. The van der Waals surface area contributed by atoms with Gasteiger partial charge in [-0.2, -0.15) is 0 Å². The molecule has 0 aromatic carbocycles. The highest BCUT2D eigenvalue weighted by Gasteiger charge is 2.31. The van der Waals surface area contributed by atoms with Gasteiger partial charge in [0.2, 0.25) is 5.91 Å². The minimum Gasteiger partial charge on any atom is -0.480 e. The van der Waals surface area contributed by atoms with Crippen molar-refractivity contribution in [2.45, 2.75) is 25.3 Å². The van der Waals surface area contributed by atoms with E-state index in [0.29, 0.717) is 26.2 Å². The predicted molar refractivity (Wildman–Crippen MR) is 59.7 cm³/mol. The van der Waals surface area contributed by atoms with Crippen molar-refractivity contribution in [1.82, 2.24) is 4.90 Å². The van der Waals surface area contributed by atoms with Crippen molar-refractivity contribution in [1.29, 1.82) is 0 Å². The zero-order chi connectivity index (χ0) is 12.7. The standard InChI is InChI=1S/C11H19NO5/c1-16-6-7-17-8-10(13)12-5-3-2-4-9(12)11(14)15/h9H,2-8H2,1H3,(H,14,15)/t9-/m1/s1. The molecule has 1 N–H and O–H groups in total. The Kier molecular flexibility index (Phi) is 5.93. The number of hydrogen-bond acceptors (Lipinski definition) is 4. The van der Waals surface area contributed by atoms with Crippen LogP contribution in [0, 0.1) is 0 Å². The first-order valence-electron chi connectivity index (χ1n) is 5.75. The van der Waals surface area contributed by atoms with Crippen LogP contribution in [0.3, 0.4) is 0 Å². The number of ether oxygens (including phenoxy) is 2. The molecule has 98 valence electrons. The number of aliphatic carboxylic acids is 1. The van der Waals surface area contributed by atoms with Crippen LogP contribution in [0.2, 0.25) is 0 Å². The monoisotopic (exact) mass is 245 g/mol. The van der Waals surface area contributed by atoms with Crippen LogP contribution in [0.5, 0.6) is 0 Å². The Hall–Kier alpha value is -1.14. The Morgan fingerprint density at radius 2 is 2.12 bits per heavy atom. The average Bonchev–Trinajstić information content (AvgIpc) is 2.34. The predicted octanol–water partition coefficient (Wildman–Crippen LogP) is 0.115. The van der Waals surface area contributed by atoms with Crippen LogP contribution in [-0.4, -0.2) is 61.4 Å². The van der Waals surface area contributed by atoms with E-state index in [1.165, 1.54) is 4.90 Å². The number of rotatable bonds is 6. The van der Waals surface area contributed by atoms with Crippen LogP contribution in [-0.2, 0) is 19.1 Å². The third-order valence-electron chi connectivity index (χ3n) is 2.77. The molecule has 6 nitrogen and oxygen atoms in total. The SMILES string of the molecule is COCCOCC(=O)N1CCCC[C@@H]1C(=O)O. The van der Waals surface area contributed by atoms with E-state index in [0.717, 1.165) is 12.8 Å². The molecule has 1 heterocycles. The van der Waals surface area contributed by atoms with Crippen molar-refractivity contribution < 1.29 is 24.2 Å². The summed E-state index contributed by atoms with van der Waals surface area (Å²) in [4.78, 5) is 24.2. The van der Waals surface area contributed by atoms with Crippen molar-refractivity contribution in [3.63, 3.8) is 0 Å². The van der Waals surface area contributed by atoms with Gasteiger partial charge in [-0.1, -0.05) is 0 Å². The van der Waals surface area contributed by atoms with E-state index in [4.69, 9.17) is 14.6 Å². The van der Waals surface area contributed by atoms with E-state index >= 15 is 0 Å². The van der Waals surface area contributed by atoms with E-state index in [-0.39, 0.29) is 12.5 Å². The highest BCUT2D eigenvalue weighted by molar-refractivity contribution is 5.84. The summed E-state index contributed by atoms with van der Waals surface area (Å²) in [7, 11) is 1.55. The number of methoxy groups -OCH3 is 1. The summed E-state index contributed by atoms with van der Waals surface area (Å²) in [5.74, 6) is -1.19. The number of carboxylic acid groups (broad SMARTS) is 1. The average molecular weight is 245 g/mol. The largest absolute Gasteiger partial charge is 0.480 e. The normalized spacial score (nSPS) is 20.3. The second-order valence-electron chi connectivity index (χ2n) is 3.98. The summed E-state index contributed by atoms with van der Waals surface area (Å²) < 4.78 is 9.89. The summed E-state index contributed by atoms with van der Waals surface area (Å²) in [5, 5.41) is 9.01. The second-order valence-corrected chi connectivity index (χ2v) is 3.98. The van der Waals surface area contributed by atoms with Gasteiger partial charge in [0.25, 0.3) is 0 Å². The van der Waals surface area contributed by atoms with Crippen molar-refractivity contribution in [3.8, 4) is 0 Å². The highest BCUT2D eigenvalue weighted by Crippen LogP contribution is 2.17. The maximum Gasteiger partial charge on any atom is 0.326 e. The molecule has 1 aliphatic heterocycles. The first-order chi connectivity index (χ1) is 8.16. The van der Waals surface area contributed by atoms with Gasteiger partial charge in [-0.15, -0.1) is 0 Å². The zero-order valence-electron chi connectivity index (χ0n) is 10.1. The van der Waals surface area contributed by atoms with Gasteiger partial charge in [0.15, 0.2) is 0 Å². The molecule has 0 aliphatic carbocycles. The van der Waals surface area contributed by atoms with Crippen LogP contribution in [0.1, 0.15) is 19.3 Å². The molecule has 0 spiro atoms. The van der Waals surface area contributed by atoms with Crippen LogP contribution in [0.15, 0.2) is 0 Å². The Morgan fingerprint density at radius 1 is 1.35 bits per heavy atom. The molecule has 0 unspecified atom stereocenters. The van der Waals surface area contributed by atoms with Gasteiger partial charge in [0, 0.05) is 13.7 Å². The van der Waals surface area contributed by atoms with Gasteiger partial charge in [-0.05, 0) is 19.3 Å². The molecule has 6 heteroatoms. The Balaban J connectivity index is 2.39. The van der Waals surface area contributed by atoms with Crippen LogP contribution < -0.4 is 0 Å². The number of nitrogens with zero attached hydrogens (tertiary/aromatic N) is 1. The fourth-order valence-electron chi connectivity index (χ4n) is 1.87. The van der Waals surface area contributed by atoms with Gasteiger partial charge in [0.1, 0.15) is 12.6 Å². The fraction of sp³-hybridized carbons (Fsp3) is 0.818. The van der Waals surface area contributed by atoms with Gasteiger partial charge >= 0.3 is 5.97 Å². The third-order valence-corrected chi connectivity index (χ3v) is 2.77. The molecule has 1 amide bonds. The maximum absolute atomic E-state index is 11.8. The topological polar surface area (TPSA) is 76.1 Å². The third kappa shape index (κ3) is 4.32. The second kappa shape index (κ2) is 7.24. The van der Waals surface area contributed by atoms with Gasteiger partial charge in [0.05, 0.1) is 13.2 Å². The van der Waals surface area contributed by atoms with Crippen LogP contribution >= 0.6 is 0 Å². The number of piperidine rings is 1. The minimum atomic E-state index is -0.935. The molecular weight excluding hydrogens is 226 g/mol. The Bertz CT molecular complexity index is 269. The maximum atomic E-state index is 11.8. The molecule has 17 heavy (non-hydrogen) atoms. The molecule has 0 aromatic rings. The highest BCUT2D eigenvalue weighted by atomic mass is 16.5. The zero-order valence-corrected chi connectivity index (χ0v) is 10.1. The number of amides is 1. The van der Waals surface area contributed by atoms with Crippen molar-refractivity contribution >= 4 is 11.9 Å². The number of likely N-dealkylation sites (tertiary alicyclic amines) is 1. The van der Waals surface area contributed by atoms with E-state index in [2.05, 4.69) is 0 Å². The molecule has 1 aliphatic rings. The molecule has 0 bridgehead atoms. The van der Waals surface area contributed by atoms with E-state index in [9.17, 15) is 9.59 Å². The van der Waals surface area contributed by atoms with Crippen LogP contribution in [0.4, 0.5) is 0 Å². The van der Waals surface area contributed by atoms with E-state index in [1.54, 1.807) is 7.11 Å². The molecule has 1 saturated heterocycles. The lowest BCUT2D eigenvalue weighted by atomic mass is 10.0. The number of carbonyl (C=O) groups is 2. The lowest BCUT2D eigenvalue weighted by Gasteiger charge is -2.32. The first kappa shape index (κ1) is 13.9. The molecule has 0 aromatic heterocycles. The molecule has 1 atom stereocenters. The lowest BCUT2D eigenvalue weighted by molar-refractivity contribution is -0.154. The smallest absolute Gasteiger partial charge is 0.326 e. The first-order valence-corrected chi connectivity index (χ1v) is 5.75. The van der Waals surface area contributed by atoms with Gasteiger partial charge < -0.3 is 19.5 Å². The quantitative estimate of drug-likeness (QED) is 0.672. The fourth-order valence-corrected chi connectivity index (χ4v) is 1.87. The van der Waals surface area contributed by atoms with Crippen molar-refractivity contribution in [2.24, 2.45) is 0 Å². The van der Waals surface area contributed by atoms with Crippen LogP contribution in [0.25, 0.3) is 0 Å². The summed E-state index contributed by atoms with van der Waals surface area (Å²) in [6.45, 7) is 1.19. The number of carbonyl (C=O) groups excluding carboxylic acids is 1. The minimum absolute atomic E-state index is 0.0762. The molecule has 1 fully saturated rings. The van der Waals surface area contributed by atoms with Gasteiger partial charge in [-0.3, -0.25) is 4.79 Å². The Morgan fingerprint density at radius 3 is 2.76 bits per heavy atom. The number of hydrogen-bond donors (Lipinski definition) is 1.